The molecule has 0 radical (unpaired) electrons. The second-order valence-electron chi connectivity index (χ2n) is 3.64. The average molecular weight is 254 g/mol. The first-order valence-corrected chi connectivity index (χ1v) is 6.68. The van der Waals surface area contributed by atoms with Crippen LogP contribution in [-0.4, -0.2) is 36.5 Å². The number of carbonyl (C=O) groups excluding carboxylic acids is 1. The third-order valence-electron chi connectivity index (χ3n) is 2.40. The van der Waals surface area contributed by atoms with Crippen LogP contribution in [-0.2, 0) is 11.2 Å². The molecule has 0 heterocycles. The number of nitrogens with one attached hydrogen (secondary N) is 1. The lowest BCUT2D eigenvalue weighted by Crippen LogP contribution is -2.39. The highest BCUT2D eigenvalue weighted by molar-refractivity contribution is 7.98. The van der Waals surface area contributed by atoms with Crippen LogP contribution in [0.25, 0.3) is 0 Å². The van der Waals surface area contributed by atoms with E-state index < -0.39 is 12.0 Å². The van der Waals surface area contributed by atoms with Crippen molar-refractivity contribution in [3.63, 3.8) is 0 Å². The van der Waals surface area contributed by atoms with Gasteiger partial charge < -0.3 is 16.2 Å². The van der Waals surface area contributed by atoms with Gasteiger partial charge in [-0.1, -0.05) is 12.1 Å². The predicted molar refractivity (Wildman–Crippen MR) is 70.0 cm³/mol. The zero-order valence-corrected chi connectivity index (χ0v) is 10.7. The molecule has 0 aliphatic carbocycles. The van der Waals surface area contributed by atoms with Gasteiger partial charge in [0.1, 0.15) is 6.10 Å². The number of aliphatic hydroxyl groups is 1. The minimum absolute atomic E-state index is 0.0474. The third-order valence-corrected chi connectivity index (χ3v) is 3.14. The van der Waals surface area contributed by atoms with E-state index >= 15 is 0 Å². The summed E-state index contributed by atoms with van der Waals surface area (Å²) >= 11 is 1.70. The van der Waals surface area contributed by atoms with E-state index in [1.165, 1.54) is 4.90 Å². The van der Waals surface area contributed by atoms with E-state index in [1.54, 1.807) is 11.8 Å². The number of amides is 1. The quantitative estimate of drug-likeness (QED) is 0.642. The number of rotatable bonds is 6. The van der Waals surface area contributed by atoms with Crippen LogP contribution in [0.5, 0.6) is 0 Å². The number of aliphatic hydroxyl groups excluding tert-OH is 1. The minimum Gasteiger partial charge on any atom is -0.382 e. The number of hydrogen-bond donors (Lipinski definition) is 3. The Balaban J connectivity index is 2.33. The molecule has 0 aliphatic rings. The van der Waals surface area contributed by atoms with Gasteiger partial charge in [-0.25, -0.2) is 0 Å². The van der Waals surface area contributed by atoms with Crippen molar-refractivity contribution in [1.82, 2.24) is 5.32 Å². The largest absolute Gasteiger partial charge is 0.382 e. The van der Waals surface area contributed by atoms with Crippen LogP contribution in [0.1, 0.15) is 5.56 Å². The van der Waals surface area contributed by atoms with Gasteiger partial charge in [0, 0.05) is 18.0 Å². The van der Waals surface area contributed by atoms with E-state index in [0.29, 0.717) is 6.54 Å². The van der Waals surface area contributed by atoms with E-state index in [0.717, 1.165) is 12.0 Å². The molecular weight excluding hydrogens is 236 g/mol. The summed E-state index contributed by atoms with van der Waals surface area (Å²) in [5.74, 6) is -0.409. The molecule has 0 spiro atoms. The van der Waals surface area contributed by atoms with Gasteiger partial charge in [-0.2, -0.15) is 0 Å². The number of thioether (sulfide) groups is 1. The Bertz CT molecular complexity index is 354. The van der Waals surface area contributed by atoms with E-state index in [2.05, 4.69) is 17.4 Å². The molecule has 5 heteroatoms. The van der Waals surface area contributed by atoms with E-state index in [4.69, 9.17) is 10.8 Å². The van der Waals surface area contributed by atoms with Gasteiger partial charge in [-0.05, 0) is 30.4 Å². The van der Waals surface area contributed by atoms with Gasteiger partial charge in [0.25, 0.3) is 0 Å². The van der Waals surface area contributed by atoms with Crippen molar-refractivity contribution in [2.45, 2.75) is 17.4 Å². The van der Waals surface area contributed by atoms with Crippen molar-refractivity contribution in [2.75, 3.05) is 19.3 Å². The lowest BCUT2D eigenvalue weighted by Gasteiger charge is -2.09. The van der Waals surface area contributed by atoms with Crippen molar-refractivity contribution in [2.24, 2.45) is 5.73 Å². The Kier molecular flexibility index (Phi) is 6.04. The van der Waals surface area contributed by atoms with Crippen molar-refractivity contribution < 1.29 is 9.90 Å². The van der Waals surface area contributed by atoms with Crippen LogP contribution >= 0.6 is 11.8 Å². The highest BCUT2D eigenvalue weighted by atomic mass is 32.2. The maximum Gasteiger partial charge on any atom is 0.250 e. The maximum atomic E-state index is 11.2. The molecule has 94 valence electrons. The molecule has 0 saturated heterocycles. The molecule has 1 unspecified atom stereocenters. The van der Waals surface area contributed by atoms with Gasteiger partial charge in [-0.15, -0.1) is 11.8 Å². The summed E-state index contributed by atoms with van der Waals surface area (Å²) < 4.78 is 0. The molecule has 4 N–H and O–H groups in total. The first-order chi connectivity index (χ1) is 8.17. The molecule has 0 aliphatic heterocycles. The van der Waals surface area contributed by atoms with Crippen LogP contribution in [0.15, 0.2) is 29.2 Å². The Morgan fingerprint density at radius 3 is 2.65 bits per heavy atom. The highest BCUT2D eigenvalue weighted by Gasteiger charge is 2.11. The van der Waals surface area contributed by atoms with Crippen LogP contribution in [0.3, 0.4) is 0 Å². The van der Waals surface area contributed by atoms with Crippen LogP contribution in [0.4, 0.5) is 0 Å². The molecule has 1 amide bonds. The normalized spacial score (nSPS) is 12.2. The third kappa shape index (κ3) is 4.77. The number of carbonyl (C=O) groups is 1. The fraction of sp³-hybridized carbons (Fsp3) is 0.417. The molecule has 0 bridgehead atoms. The van der Waals surface area contributed by atoms with Crippen LogP contribution in [0.2, 0.25) is 0 Å². The molecule has 0 saturated carbocycles. The van der Waals surface area contributed by atoms with Gasteiger partial charge in [0.15, 0.2) is 0 Å². The van der Waals surface area contributed by atoms with Gasteiger partial charge in [0.2, 0.25) is 5.91 Å². The van der Waals surface area contributed by atoms with Gasteiger partial charge >= 0.3 is 0 Å². The summed E-state index contributed by atoms with van der Waals surface area (Å²) in [6, 6.07) is 8.18. The monoisotopic (exact) mass is 254 g/mol. The predicted octanol–water partition coefficient (Wildman–Crippen LogP) is 0.387. The molecule has 1 rings (SSSR count). The van der Waals surface area contributed by atoms with Crippen molar-refractivity contribution in [3.05, 3.63) is 29.8 Å². The maximum absolute atomic E-state index is 11.2. The summed E-state index contributed by atoms with van der Waals surface area (Å²) in [6.07, 6.45) is 1.68. The van der Waals surface area contributed by atoms with E-state index in [-0.39, 0.29) is 6.54 Å². The van der Waals surface area contributed by atoms with Gasteiger partial charge in [0.05, 0.1) is 0 Å². The number of hydrogen-bond acceptors (Lipinski definition) is 4. The lowest BCUT2D eigenvalue weighted by molar-refractivity contribution is -0.128. The number of nitrogens with two attached hydrogens (primary N) is 1. The summed E-state index contributed by atoms with van der Waals surface area (Å²) in [7, 11) is 0. The van der Waals surface area contributed by atoms with Crippen molar-refractivity contribution in [3.8, 4) is 0 Å². The molecule has 17 heavy (non-hydrogen) atoms. The van der Waals surface area contributed by atoms with Crippen LogP contribution in [0, 0.1) is 0 Å². The molecule has 1 aromatic rings. The Morgan fingerprint density at radius 2 is 2.12 bits per heavy atom. The molecular formula is C12H18N2O2S. The first kappa shape index (κ1) is 14.0. The first-order valence-electron chi connectivity index (χ1n) is 5.46. The molecule has 0 aromatic heterocycles. The zero-order chi connectivity index (χ0) is 12.7. The molecule has 1 atom stereocenters. The summed E-state index contributed by atoms with van der Waals surface area (Å²) in [5, 5.41) is 11.8. The van der Waals surface area contributed by atoms with E-state index in [1.807, 2.05) is 18.4 Å². The lowest BCUT2D eigenvalue weighted by atomic mass is 10.1. The SMILES string of the molecule is CSc1ccc(CCNC(=O)C(O)CN)cc1. The Labute approximate surface area is 106 Å². The fourth-order valence-electron chi connectivity index (χ4n) is 1.35. The average Bonchev–Trinajstić information content (AvgIpc) is 2.38. The second-order valence-corrected chi connectivity index (χ2v) is 4.52. The smallest absolute Gasteiger partial charge is 0.250 e. The highest BCUT2D eigenvalue weighted by Crippen LogP contribution is 2.14. The van der Waals surface area contributed by atoms with Gasteiger partial charge in [-0.3, -0.25) is 4.79 Å². The van der Waals surface area contributed by atoms with Crippen molar-refractivity contribution >= 4 is 17.7 Å². The Hall–Kier alpha value is -1.04. The molecule has 1 aromatic carbocycles. The minimum atomic E-state index is -1.10. The summed E-state index contributed by atoms with van der Waals surface area (Å²) in [6.45, 7) is 0.461. The fourth-order valence-corrected chi connectivity index (χ4v) is 1.76. The topological polar surface area (TPSA) is 75.3 Å². The van der Waals surface area contributed by atoms with E-state index in [9.17, 15) is 4.79 Å². The van der Waals surface area contributed by atoms with Crippen molar-refractivity contribution in [1.29, 1.82) is 0 Å². The van der Waals surface area contributed by atoms with Crippen LogP contribution < -0.4 is 11.1 Å². The standard InChI is InChI=1S/C12H18N2O2S/c1-17-10-4-2-9(3-5-10)6-7-14-12(16)11(15)8-13/h2-5,11,15H,6-8,13H2,1H3,(H,14,16). The second kappa shape index (κ2) is 7.32. The summed E-state index contributed by atoms with van der Waals surface area (Å²) in [5.41, 5.74) is 6.33. The Morgan fingerprint density at radius 1 is 1.47 bits per heavy atom. The molecule has 4 nitrogen and oxygen atoms in total. The summed E-state index contributed by atoms with van der Waals surface area (Å²) in [4.78, 5) is 12.4. The molecule has 0 fully saturated rings. The number of benzene rings is 1. The zero-order valence-electron chi connectivity index (χ0n) is 9.85.